The van der Waals surface area contributed by atoms with Crippen molar-refractivity contribution in [2.75, 3.05) is 6.61 Å². The van der Waals surface area contributed by atoms with E-state index in [2.05, 4.69) is 4.74 Å². The first-order valence-corrected chi connectivity index (χ1v) is 3.63. The summed E-state index contributed by atoms with van der Waals surface area (Å²) < 4.78 is 9.62. The van der Waals surface area contributed by atoms with Crippen molar-refractivity contribution in [2.24, 2.45) is 5.92 Å². The Kier molecular flexibility index (Phi) is 1.42. The van der Waals surface area contributed by atoms with E-state index < -0.39 is 11.9 Å². The topological polar surface area (TPSA) is 52.6 Å². The lowest BCUT2D eigenvalue weighted by molar-refractivity contribution is -0.171. The predicted molar refractivity (Wildman–Crippen MR) is 33.6 cm³/mol. The van der Waals surface area contributed by atoms with Crippen LogP contribution in [0.1, 0.15) is 12.8 Å². The molecule has 0 aromatic heterocycles. The maximum absolute atomic E-state index is 11.0. The van der Waals surface area contributed by atoms with Gasteiger partial charge in [-0.3, -0.25) is 9.59 Å². The maximum Gasteiger partial charge on any atom is 0.319 e. The molecule has 0 aliphatic carbocycles. The summed E-state index contributed by atoms with van der Waals surface area (Å²) in [6.07, 6.45) is 0.719. The SMILES string of the molecule is O=C1CC2OCCC2C(=O)O1. The van der Waals surface area contributed by atoms with Crippen LogP contribution in [0.2, 0.25) is 0 Å². The molecule has 0 aromatic carbocycles. The summed E-state index contributed by atoms with van der Waals surface area (Å²) in [5, 5.41) is 0. The van der Waals surface area contributed by atoms with Gasteiger partial charge in [0.05, 0.1) is 18.4 Å². The van der Waals surface area contributed by atoms with Crippen molar-refractivity contribution in [2.45, 2.75) is 18.9 Å². The van der Waals surface area contributed by atoms with Gasteiger partial charge in [-0.1, -0.05) is 0 Å². The highest BCUT2D eigenvalue weighted by Gasteiger charge is 2.41. The van der Waals surface area contributed by atoms with Crippen LogP contribution in [-0.4, -0.2) is 24.6 Å². The molecule has 0 radical (unpaired) electrons. The van der Waals surface area contributed by atoms with Gasteiger partial charge in [0.1, 0.15) is 0 Å². The number of cyclic esters (lactones) is 2. The molecular weight excluding hydrogens is 148 g/mol. The lowest BCUT2D eigenvalue weighted by atomic mass is 9.97. The highest BCUT2D eigenvalue weighted by atomic mass is 16.6. The van der Waals surface area contributed by atoms with E-state index in [1.165, 1.54) is 0 Å². The van der Waals surface area contributed by atoms with E-state index in [1.54, 1.807) is 0 Å². The number of hydrogen-bond acceptors (Lipinski definition) is 4. The van der Waals surface area contributed by atoms with Crippen LogP contribution in [0.4, 0.5) is 0 Å². The molecule has 0 aromatic rings. The van der Waals surface area contributed by atoms with Crippen molar-refractivity contribution < 1.29 is 19.1 Å². The molecule has 2 rings (SSSR count). The van der Waals surface area contributed by atoms with Crippen LogP contribution in [0.3, 0.4) is 0 Å². The van der Waals surface area contributed by atoms with Crippen LogP contribution in [-0.2, 0) is 19.1 Å². The summed E-state index contributed by atoms with van der Waals surface area (Å²) in [5.41, 5.74) is 0. The summed E-state index contributed by atoms with van der Waals surface area (Å²) in [6.45, 7) is 0.567. The Bertz CT molecular complexity index is 210. The number of carbonyl (C=O) groups excluding carboxylic acids is 2. The highest BCUT2D eigenvalue weighted by Crippen LogP contribution is 2.28. The lowest BCUT2D eigenvalue weighted by Gasteiger charge is -2.20. The Morgan fingerprint density at radius 3 is 3.00 bits per heavy atom. The van der Waals surface area contributed by atoms with Crippen LogP contribution in [0.25, 0.3) is 0 Å². The molecule has 4 heteroatoms. The molecule has 2 atom stereocenters. The van der Waals surface area contributed by atoms with Gasteiger partial charge in [-0.2, -0.15) is 0 Å². The van der Waals surface area contributed by atoms with Gasteiger partial charge in [0.15, 0.2) is 0 Å². The van der Waals surface area contributed by atoms with E-state index in [4.69, 9.17) is 4.74 Å². The molecule has 2 unspecified atom stereocenters. The fraction of sp³-hybridized carbons (Fsp3) is 0.714. The predicted octanol–water partition coefficient (Wildman–Crippen LogP) is -0.135. The van der Waals surface area contributed by atoms with E-state index >= 15 is 0 Å². The lowest BCUT2D eigenvalue weighted by Crippen LogP contribution is -2.36. The minimum Gasteiger partial charge on any atom is -0.393 e. The van der Waals surface area contributed by atoms with Crippen molar-refractivity contribution in [3.63, 3.8) is 0 Å². The van der Waals surface area contributed by atoms with Gasteiger partial charge in [0.2, 0.25) is 0 Å². The van der Waals surface area contributed by atoms with Gasteiger partial charge in [-0.15, -0.1) is 0 Å². The molecule has 0 saturated carbocycles. The highest BCUT2D eigenvalue weighted by molar-refractivity contribution is 5.90. The average Bonchev–Trinajstić information content (AvgIpc) is 2.34. The first-order valence-electron chi connectivity index (χ1n) is 3.63. The Morgan fingerprint density at radius 1 is 1.36 bits per heavy atom. The van der Waals surface area contributed by atoms with E-state index in [0.29, 0.717) is 13.0 Å². The molecule has 0 bridgehead atoms. The zero-order valence-electron chi connectivity index (χ0n) is 5.91. The van der Waals surface area contributed by atoms with E-state index in [-0.39, 0.29) is 18.4 Å². The summed E-state index contributed by atoms with van der Waals surface area (Å²) in [5.74, 6) is -1.06. The van der Waals surface area contributed by atoms with Crippen LogP contribution < -0.4 is 0 Å². The second-order valence-corrected chi connectivity index (χ2v) is 2.80. The molecule has 2 heterocycles. The van der Waals surface area contributed by atoms with Crippen LogP contribution >= 0.6 is 0 Å². The quantitative estimate of drug-likeness (QED) is 0.362. The number of hydrogen-bond donors (Lipinski definition) is 0. The van der Waals surface area contributed by atoms with Gasteiger partial charge in [0.25, 0.3) is 0 Å². The molecule has 0 spiro atoms. The van der Waals surface area contributed by atoms with E-state index in [9.17, 15) is 9.59 Å². The minimum atomic E-state index is -0.460. The largest absolute Gasteiger partial charge is 0.393 e. The molecule has 2 aliphatic rings. The van der Waals surface area contributed by atoms with Crippen molar-refractivity contribution in [1.29, 1.82) is 0 Å². The van der Waals surface area contributed by atoms with Gasteiger partial charge in [-0.25, -0.2) is 0 Å². The fourth-order valence-corrected chi connectivity index (χ4v) is 1.51. The van der Waals surface area contributed by atoms with Crippen LogP contribution in [0, 0.1) is 5.92 Å². The van der Waals surface area contributed by atoms with Gasteiger partial charge < -0.3 is 9.47 Å². The molecule has 2 saturated heterocycles. The Balaban J connectivity index is 2.16. The summed E-state index contributed by atoms with van der Waals surface area (Å²) in [7, 11) is 0. The number of esters is 2. The second kappa shape index (κ2) is 2.30. The van der Waals surface area contributed by atoms with E-state index in [0.717, 1.165) is 0 Å². The Morgan fingerprint density at radius 2 is 2.18 bits per heavy atom. The van der Waals surface area contributed by atoms with Gasteiger partial charge in [-0.05, 0) is 6.42 Å². The summed E-state index contributed by atoms with van der Waals surface area (Å²) >= 11 is 0. The smallest absolute Gasteiger partial charge is 0.319 e. The molecular formula is C7H8O4. The van der Waals surface area contributed by atoms with E-state index in [1.807, 2.05) is 0 Å². The monoisotopic (exact) mass is 156 g/mol. The van der Waals surface area contributed by atoms with Crippen molar-refractivity contribution in [3.8, 4) is 0 Å². The maximum atomic E-state index is 11.0. The van der Waals surface area contributed by atoms with Gasteiger partial charge >= 0.3 is 11.9 Å². The fourth-order valence-electron chi connectivity index (χ4n) is 1.51. The minimum absolute atomic E-state index is 0.187. The second-order valence-electron chi connectivity index (χ2n) is 2.80. The Labute approximate surface area is 63.5 Å². The van der Waals surface area contributed by atoms with Crippen LogP contribution in [0.15, 0.2) is 0 Å². The zero-order chi connectivity index (χ0) is 7.84. The third-order valence-corrected chi connectivity index (χ3v) is 2.09. The number of rotatable bonds is 0. The molecule has 0 N–H and O–H groups in total. The molecule has 2 aliphatic heterocycles. The molecule has 2 fully saturated rings. The zero-order valence-corrected chi connectivity index (χ0v) is 5.91. The average molecular weight is 156 g/mol. The van der Waals surface area contributed by atoms with Gasteiger partial charge in [0, 0.05) is 6.61 Å². The Hall–Kier alpha value is -0.900. The number of carbonyl (C=O) groups is 2. The first kappa shape index (κ1) is 6.79. The number of fused-ring (bicyclic) bond motifs is 1. The molecule has 4 nitrogen and oxygen atoms in total. The summed E-state index contributed by atoms with van der Waals surface area (Å²) in [4.78, 5) is 21.7. The molecule has 11 heavy (non-hydrogen) atoms. The molecule has 0 amide bonds. The van der Waals surface area contributed by atoms with Crippen molar-refractivity contribution in [1.82, 2.24) is 0 Å². The first-order chi connectivity index (χ1) is 5.27. The summed E-state index contributed by atoms with van der Waals surface area (Å²) in [6, 6.07) is 0. The third kappa shape index (κ3) is 1.03. The normalized spacial score (nSPS) is 36.7. The molecule has 60 valence electrons. The number of ether oxygens (including phenoxy) is 2. The third-order valence-electron chi connectivity index (χ3n) is 2.09. The van der Waals surface area contributed by atoms with Crippen molar-refractivity contribution in [3.05, 3.63) is 0 Å². The van der Waals surface area contributed by atoms with Crippen molar-refractivity contribution >= 4 is 11.9 Å². The van der Waals surface area contributed by atoms with Crippen LogP contribution in [0.5, 0.6) is 0 Å². The standard InChI is InChI=1S/C7H8O4/c8-6-3-5-4(1-2-10-5)7(9)11-6/h4-5H,1-3H2.